The molecule has 1 aromatic heterocycles. The predicted octanol–water partition coefficient (Wildman–Crippen LogP) is 0.839. The minimum atomic E-state index is -0.340. The minimum absolute atomic E-state index is 0.239. The van der Waals surface area contributed by atoms with Crippen LogP contribution in [0.15, 0.2) is 12.1 Å². The Morgan fingerprint density at radius 2 is 1.76 bits per heavy atom. The predicted molar refractivity (Wildman–Crippen MR) is 78.1 cm³/mol. The van der Waals surface area contributed by atoms with Crippen molar-refractivity contribution in [2.24, 2.45) is 0 Å². The average Bonchev–Trinajstić information content (AvgIpc) is 2.77. The van der Waals surface area contributed by atoms with E-state index in [1.165, 1.54) is 27.0 Å². The van der Waals surface area contributed by atoms with E-state index in [9.17, 15) is 14.4 Å². The molecule has 8 heteroatoms. The highest BCUT2D eigenvalue weighted by molar-refractivity contribution is 6.08. The Hall–Kier alpha value is -2.90. The molecule has 0 saturated heterocycles. The van der Waals surface area contributed by atoms with Crippen molar-refractivity contribution in [2.45, 2.75) is 13.8 Å². The standard InChI is InChI=1S/C13H15N5O3/c1-6(19)15-8-4-9(12(21)14-3)11-10(5-8)17-13(18-11)16-7(2)20/h4-5H,1-3H3,(H,14,21)(H,15,19)(H2,16,17,18,20). The lowest BCUT2D eigenvalue weighted by atomic mass is 10.1. The highest BCUT2D eigenvalue weighted by Gasteiger charge is 2.15. The lowest BCUT2D eigenvalue weighted by Crippen LogP contribution is -2.18. The maximum absolute atomic E-state index is 11.9. The summed E-state index contributed by atoms with van der Waals surface area (Å²) in [6.07, 6.45) is 0. The molecule has 0 radical (unpaired) electrons. The molecule has 0 aliphatic carbocycles. The maximum atomic E-state index is 11.9. The molecular weight excluding hydrogens is 274 g/mol. The molecule has 0 aliphatic heterocycles. The number of imidazole rings is 1. The number of rotatable bonds is 3. The topological polar surface area (TPSA) is 116 Å². The SMILES string of the molecule is CNC(=O)c1cc(NC(C)=O)cc2[nH]c(NC(C)=O)nc12. The Kier molecular flexibility index (Phi) is 3.88. The third-order valence-electron chi connectivity index (χ3n) is 2.67. The zero-order valence-corrected chi connectivity index (χ0v) is 11.8. The average molecular weight is 289 g/mol. The monoisotopic (exact) mass is 289 g/mol. The van der Waals surface area contributed by atoms with Gasteiger partial charge in [-0.1, -0.05) is 0 Å². The van der Waals surface area contributed by atoms with Gasteiger partial charge in [0, 0.05) is 26.6 Å². The Morgan fingerprint density at radius 1 is 1.10 bits per heavy atom. The number of amides is 3. The number of aromatic nitrogens is 2. The van der Waals surface area contributed by atoms with Crippen LogP contribution in [-0.4, -0.2) is 34.7 Å². The number of nitrogens with zero attached hydrogens (tertiary/aromatic N) is 1. The van der Waals surface area contributed by atoms with E-state index in [1.54, 1.807) is 6.07 Å². The number of aromatic amines is 1. The Morgan fingerprint density at radius 3 is 2.33 bits per heavy atom. The van der Waals surface area contributed by atoms with Gasteiger partial charge in [0.05, 0.1) is 11.1 Å². The molecular formula is C13H15N5O3. The van der Waals surface area contributed by atoms with Crippen molar-refractivity contribution in [3.63, 3.8) is 0 Å². The lowest BCUT2D eigenvalue weighted by molar-refractivity contribution is -0.115. The normalized spacial score (nSPS) is 10.2. The first-order chi connectivity index (χ1) is 9.90. The summed E-state index contributed by atoms with van der Waals surface area (Å²) >= 11 is 0. The third kappa shape index (κ3) is 3.16. The second kappa shape index (κ2) is 5.61. The van der Waals surface area contributed by atoms with Crippen LogP contribution < -0.4 is 16.0 Å². The van der Waals surface area contributed by atoms with Gasteiger partial charge in [0.1, 0.15) is 5.52 Å². The molecule has 0 aliphatic rings. The van der Waals surface area contributed by atoms with Gasteiger partial charge in [0.15, 0.2) is 0 Å². The van der Waals surface area contributed by atoms with E-state index in [1.807, 2.05) is 0 Å². The molecule has 2 rings (SSSR count). The zero-order valence-electron chi connectivity index (χ0n) is 11.8. The number of fused-ring (bicyclic) bond motifs is 1. The van der Waals surface area contributed by atoms with Crippen molar-refractivity contribution in [3.05, 3.63) is 17.7 Å². The van der Waals surface area contributed by atoms with Crippen molar-refractivity contribution in [2.75, 3.05) is 17.7 Å². The van der Waals surface area contributed by atoms with E-state index in [2.05, 4.69) is 25.9 Å². The fraction of sp³-hybridized carbons (Fsp3) is 0.231. The fourth-order valence-corrected chi connectivity index (χ4v) is 1.93. The maximum Gasteiger partial charge on any atom is 0.253 e. The second-order valence-electron chi connectivity index (χ2n) is 4.45. The van der Waals surface area contributed by atoms with E-state index < -0.39 is 0 Å². The van der Waals surface area contributed by atoms with Gasteiger partial charge in [-0.25, -0.2) is 4.98 Å². The summed E-state index contributed by atoms with van der Waals surface area (Å²) < 4.78 is 0. The highest BCUT2D eigenvalue weighted by Crippen LogP contribution is 2.24. The number of hydrogen-bond donors (Lipinski definition) is 4. The van der Waals surface area contributed by atoms with Crippen molar-refractivity contribution < 1.29 is 14.4 Å². The fourth-order valence-electron chi connectivity index (χ4n) is 1.93. The second-order valence-corrected chi connectivity index (χ2v) is 4.45. The summed E-state index contributed by atoms with van der Waals surface area (Å²) in [5, 5.41) is 7.64. The zero-order chi connectivity index (χ0) is 15.6. The molecule has 0 spiro atoms. The molecule has 110 valence electrons. The van der Waals surface area contributed by atoms with E-state index in [0.29, 0.717) is 22.3 Å². The van der Waals surface area contributed by atoms with Gasteiger partial charge >= 0.3 is 0 Å². The molecule has 2 aromatic rings. The van der Waals surface area contributed by atoms with Gasteiger partial charge in [-0.2, -0.15) is 0 Å². The number of carbonyl (C=O) groups is 3. The number of anilines is 2. The van der Waals surface area contributed by atoms with Gasteiger partial charge in [0.25, 0.3) is 5.91 Å². The summed E-state index contributed by atoms with van der Waals surface area (Å²) in [6, 6.07) is 3.17. The minimum Gasteiger partial charge on any atom is -0.355 e. The molecule has 1 aromatic carbocycles. The van der Waals surface area contributed by atoms with Crippen molar-refractivity contribution in [3.8, 4) is 0 Å². The summed E-state index contributed by atoms with van der Waals surface area (Å²) in [6.45, 7) is 2.73. The number of carbonyl (C=O) groups excluding carboxylic acids is 3. The smallest absolute Gasteiger partial charge is 0.253 e. The molecule has 0 fully saturated rings. The van der Waals surface area contributed by atoms with Gasteiger partial charge in [-0.15, -0.1) is 0 Å². The molecule has 1 heterocycles. The van der Waals surface area contributed by atoms with Gasteiger partial charge in [-0.3, -0.25) is 19.7 Å². The summed E-state index contributed by atoms with van der Waals surface area (Å²) in [5.41, 5.74) is 1.70. The molecule has 21 heavy (non-hydrogen) atoms. The van der Waals surface area contributed by atoms with E-state index >= 15 is 0 Å². The van der Waals surface area contributed by atoms with Crippen LogP contribution in [0.5, 0.6) is 0 Å². The van der Waals surface area contributed by atoms with Crippen LogP contribution in [0.2, 0.25) is 0 Å². The number of nitrogens with one attached hydrogen (secondary N) is 4. The Bertz CT molecular complexity index is 735. The number of benzene rings is 1. The first kappa shape index (κ1) is 14.5. The first-order valence-corrected chi connectivity index (χ1v) is 6.21. The van der Waals surface area contributed by atoms with E-state index in [4.69, 9.17) is 0 Å². The molecule has 8 nitrogen and oxygen atoms in total. The summed E-state index contributed by atoms with van der Waals surface area (Å²) in [7, 11) is 1.50. The third-order valence-corrected chi connectivity index (χ3v) is 2.67. The molecule has 0 unspecified atom stereocenters. The molecule has 0 bridgehead atoms. The van der Waals surface area contributed by atoms with Crippen molar-refractivity contribution in [1.82, 2.24) is 15.3 Å². The Balaban J connectivity index is 2.58. The van der Waals surface area contributed by atoms with Crippen LogP contribution in [-0.2, 0) is 9.59 Å². The molecule has 0 atom stereocenters. The largest absolute Gasteiger partial charge is 0.355 e. The van der Waals surface area contributed by atoms with Crippen molar-refractivity contribution in [1.29, 1.82) is 0 Å². The van der Waals surface area contributed by atoms with E-state index in [0.717, 1.165) is 0 Å². The Labute approximate surface area is 120 Å². The highest BCUT2D eigenvalue weighted by atomic mass is 16.2. The van der Waals surface area contributed by atoms with Crippen LogP contribution in [0.4, 0.5) is 11.6 Å². The van der Waals surface area contributed by atoms with Crippen LogP contribution in [0, 0.1) is 0 Å². The van der Waals surface area contributed by atoms with Crippen molar-refractivity contribution >= 4 is 40.4 Å². The van der Waals surface area contributed by atoms with Gasteiger partial charge in [-0.05, 0) is 12.1 Å². The first-order valence-electron chi connectivity index (χ1n) is 6.21. The van der Waals surface area contributed by atoms with Gasteiger partial charge in [0.2, 0.25) is 17.8 Å². The quantitative estimate of drug-likeness (QED) is 0.670. The van der Waals surface area contributed by atoms with Crippen LogP contribution >= 0.6 is 0 Å². The van der Waals surface area contributed by atoms with Crippen LogP contribution in [0.25, 0.3) is 11.0 Å². The van der Waals surface area contributed by atoms with Crippen LogP contribution in [0.3, 0.4) is 0 Å². The summed E-state index contributed by atoms with van der Waals surface area (Å²) in [4.78, 5) is 41.2. The molecule has 0 saturated carbocycles. The number of H-pyrrole nitrogens is 1. The lowest BCUT2D eigenvalue weighted by Gasteiger charge is -2.06. The number of hydrogen-bond acceptors (Lipinski definition) is 4. The van der Waals surface area contributed by atoms with Crippen LogP contribution in [0.1, 0.15) is 24.2 Å². The molecule has 4 N–H and O–H groups in total. The van der Waals surface area contributed by atoms with Gasteiger partial charge < -0.3 is 15.6 Å². The summed E-state index contributed by atoms with van der Waals surface area (Å²) in [5.74, 6) is -0.632. The van der Waals surface area contributed by atoms with E-state index in [-0.39, 0.29) is 23.7 Å². The molecule has 3 amide bonds.